The summed E-state index contributed by atoms with van der Waals surface area (Å²) < 4.78 is 0. The largest absolute Gasteiger partial charge is 0.384 e. The summed E-state index contributed by atoms with van der Waals surface area (Å²) in [6, 6.07) is 4.06. The Labute approximate surface area is 77.7 Å². The molecule has 64 valence electrons. The number of rotatable bonds is 0. The molecule has 0 unspecified atom stereocenters. The van der Waals surface area contributed by atoms with Gasteiger partial charge in [0.05, 0.1) is 10.7 Å². The molecule has 0 aliphatic carbocycles. The fraction of sp³-hybridized carbons (Fsp3) is 0.400. The van der Waals surface area contributed by atoms with Gasteiger partial charge < -0.3 is 5.32 Å². The molecule has 1 aliphatic rings. The van der Waals surface area contributed by atoms with Gasteiger partial charge in [-0.3, -0.25) is 0 Å². The second-order valence-electron chi connectivity index (χ2n) is 3.25. The lowest BCUT2D eigenvalue weighted by atomic mass is 9.99. The van der Waals surface area contributed by atoms with E-state index in [9.17, 15) is 0 Å². The zero-order chi connectivity index (χ0) is 8.55. The number of hydrogen-bond donors (Lipinski definition) is 1. The highest BCUT2D eigenvalue weighted by Gasteiger charge is 2.12. The first kappa shape index (κ1) is 7.93. The van der Waals surface area contributed by atoms with Crippen molar-refractivity contribution in [2.24, 2.45) is 0 Å². The third-order valence-electron chi connectivity index (χ3n) is 2.40. The molecule has 0 atom stereocenters. The normalized spacial score (nSPS) is 15.2. The van der Waals surface area contributed by atoms with Crippen LogP contribution in [0.2, 0.25) is 5.02 Å². The minimum absolute atomic E-state index is 0.857. The molecule has 0 radical (unpaired) electrons. The minimum Gasteiger partial charge on any atom is -0.384 e. The van der Waals surface area contributed by atoms with Crippen molar-refractivity contribution >= 4 is 17.3 Å². The maximum Gasteiger partial charge on any atom is 0.0640 e. The molecule has 0 saturated carbocycles. The van der Waals surface area contributed by atoms with Gasteiger partial charge in [0, 0.05) is 6.54 Å². The Balaban J connectivity index is 2.57. The van der Waals surface area contributed by atoms with Crippen molar-refractivity contribution in [3.63, 3.8) is 0 Å². The summed E-state index contributed by atoms with van der Waals surface area (Å²) in [6.45, 7) is 3.19. The maximum atomic E-state index is 6.05. The molecule has 0 aromatic heterocycles. The van der Waals surface area contributed by atoms with E-state index < -0.39 is 0 Å². The van der Waals surface area contributed by atoms with Gasteiger partial charge in [-0.25, -0.2) is 0 Å². The average molecular weight is 182 g/mol. The summed E-state index contributed by atoms with van der Waals surface area (Å²) in [5, 5.41) is 4.20. The van der Waals surface area contributed by atoms with Gasteiger partial charge in [0.2, 0.25) is 0 Å². The zero-order valence-electron chi connectivity index (χ0n) is 7.15. The minimum atomic E-state index is 0.857. The lowest BCUT2D eigenvalue weighted by molar-refractivity contribution is 0.824. The highest BCUT2D eigenvalue weighted by molar-refractivity contribution is 6.33. The molecule has 2 rings (SSSR count). The van der Waals surface area contributed by atoms with E-state index in [1.807, 2.05) is 6.07 Å². The van der Waals surface area contributed by atoms with E-state index in [-0.39, 0.29) is 0 Å². The molecular weight excluding hydrogens is 170 g/mol. The topological polar surface area (TPSA) is 12.0 Å². The van der Waals surface area contributed by atoms with E-state index in [4.69, 9.17) is 11.6 Å². The number of hydrogen-bond acceptors (Lipinski definition) is 1. The summed E-state index contributed by atoms with van der Waals surface area (Å²) >= 11 is 6.05. The molecule has 1 N–H and O–H groups in total. The lowest BCUT2D eigenvalue weighted by Crippen LogP contribution is -2.13. The molecule has 0 bridgehead atoms. The molecule has 0 fully saturated rings. The number of halogens is 1. The smallest absolute Gasteiger partial charge is 0.0640 e. The van der Waals surface area contributed by atoms with Crippen LogP contribution < -0.4 is 5.32 Å². The first-order chi connectivity index (χ1) is 5.79. The van der Waals surface area contributed by atoms with Crippen LogP contribution in [-0.4, -0.2) is 6.54 Å². The van der Waals surface area contributed by atoms with E-state index in [1.165, 1.54) is 17.5 Å². The Kier molecular flexibility index (Phi) is 1.97. The number of nitrogens with one attached hydrogen (secondary N) is 1. The van der Waals surface area contributed by atoms with Crippen LogP contribution in [0.4, 0.5) is 5.69 Å². The van der Waals surface area contributed by atoms with Crippen LogP contribution in [0.3, 0.4) is 0 Å². The van der Waals surface area contributed by atoms with Gasteiger partial charge in [0.1, 0.15) is 0 Å². The summed E-state index contributed by atoms with van der Waals surface area (Å²) in [5.41, 5.74) is 3.90. The Morgan fingerprint density at radius 1 is 1.42 bits per heavy atom. The van der Waals surface area contributed by atoms with Crippen molar-refractivity contribution in [2.45, 2.75) is 19.8 Å². The standard InChI is InChI=1S/C10H12ClN/c1-7-4-5-9(11)10-8(7)3-2-6-12-10/h4-5,12H,2-3,6H2,1H3. The molecule has 1 aromatic carbocycles. The van der Waals surface area contributed by atoms with Crippen LogP contribution in [-0.2, 0) is 6.42 Å². The van der Waals surface area contributed by atoms with Crippen LogP contribution >= 0.6 is 11.6 Å². The SMILES string of the molecule is Cc1ccc(Cl)c2c1CCCN2. The van der Waals surface area contributed by atoms with Crippen LogP contribution in [0.5, 0.6) is 0 Å². The van der Waals surface area contributed by atoms with E-state index in [0.29, 0.717) is 0 Å². The molecule has 1 aromatic rings. The zero-order valence-corrected chi connectivity index (χ0v) is 7.91. The van der Waals surface area contributed by atoms with E-state index in [0.717, 1.165) is 23.7 Å². The monoisotopic (exact) mass is 181 g/mol. The van der Waals surface area contributed by atoms with Gasteiger partial charge in [0.15, 0.2) is 0 Å². The molecule has 1 heterocycles. The first-order valence-corrected chi connectivity index (χ1v) is 4.68. The second kappa shape index (κ2) is 2.98. The Bertz CT molecular complexity index is 276. The summed E-state index contributed by atoms with van der Waals surface area (Å²) in [6.07, 6.45) is 2.38. The van der Waals surface area contributed by atoms with Gasteiger partial charge >= 0.3 is 0 Å². The Morgan fingerprint density at radius 3 is 3.00 bits per heavy atom. The van der Waals surface area contributed by atoms with Gasteiger partial charge in [0.25, 0.3) is 0 Å². The van der Waals surface area contributed by atoms with Gasteiger partial charge in [-0.1, -0.05) is 17.7 Å². The first-order valence-electron chi connectivity index (χ1n) is 4.31. The predicted octanol–water partition coefficient (Wildman–Crippen LogP) is 3.01. The van der Waals surface area contributed by atoms with Crippen molar-refractivity contribution in [1.29, 1.82) is 0 Å². The van der Waals surface area contributed by atoms with Crippen molar-refractivity contribution in [3.8, 4) is 0 Å². The molecular formula is C10H12ClN. The third-order valence-corrected chi connectivity index (χ3v) is 2.72. The van der Waals surface area contributed by atoms with Crippen LogP contribution in [0, 0.1) is 6.92 Å². The van der Waals surface area contributed by atoms with Crippen molar-refractivity contribution < 1.29 is 0 Å². The highest BCUT2D eigenvalue weighted by atomic mass is 35.5. The number of benzene rings is 1. The summed E-state index contributed by atoms with van der Waals surface area (Å²) in [7, 11) is 0. The van der Waals surface area contributed by atoms with Gasteiger partial charge in [-0.15, -0.1) is 0 Å². The van der Waals surface area contributed by atoms with Crippen molar-refractivity contribution in [3.05, 3.63) is 28.3 Å². The van der Waals surface area contributed by atoms with E-state index >= 15 is 0 Å². The molecule has 2 heteroatoms. The summed E-state index contributed by atoms with van der Waals surface area (Å²) in [4.78, 5) is 0. The number of fused-ring (bicyclic) bond motifs is 1. The molecule has 0 amide bonds. The number of aryl methyl sites for hydroxylation is 1. The highest BCUT2D eigenvalue weighted by Crippen LogP contribution is 2.31. The number of anilines is 1. The molecule has 1 nitrogen and oxygen atoms in total. The maximum absolute atomic E-state index is 6.05. The van der Waals surface area contributed by atoms with E-state index in [1.54, 1.807) is 0 Å². The molecule has 0 spiro atoms. The Hall–Kier alpha value is -0.690. The molecule has 0 saturated heterocycles. The third kappa shape index (κ3) is 1.18. The fourth-order valence-electron chi connectivity index (χ4n) is 1.72. The predicted molar refractivity (Wildman–Crippen MR) is 53.0 cm³/mol. The van der Waals surface area contributed by atoms with Crippen LogP contribution in [0.25, 0.3) is 0 Å². The second-order valence-corrected chi connectivity index (χ2v) is 3.66. The van der Waals surface area contributed by atoms with Crippen molar-refractivity contribution in [1.82, 2.24) is 0 Å². The molecule has 1 aliphatic heterocycles. The van der Waals surface area contributed by atoms with E-state index in [2.05, 4.69) is 18.3 Å². The average Bonchev–Trinajstić information content (AvgIpc) is 2.12. The van der Waals surface area contributed by atoms with Gasteiger partial charge in [-0.2, -0.15) is 0 Å². The lowest BCUT2D eigenvalue weighted by Gasteiger charge is -2.20. The van der Waals surface area contributed by atoms with Crippen molar-refractivity contribution in [2.75, 3.05) is 11.9 Å². The van der Waals surface area contributed by atoms with Gasteiger partial charge in [-0.05, 0) is 37.0 Å². The molecule has 12 heavy (non-hydrogen) atoms. The van der Waals surface area contributed by atoms with Crippen LogP contribution in [0.15, 0.2) is 12.1 Å². The van der Waals surface area contributed by atoms with Crippen LogP contribution in [0.1, 0.15) is 17.5 Å². The quantitative estimate of drug-likeness (QED) is 0.649. The fourth-order valence-corrected chi connectivity index (χ4v) is 1.96. The Morgan fingerprint density at radius 2 is 2.25 bits per heavy atom. The summed E-state index contributed by atoms with van der Waals surface area (Å²) in [5.74, 6) is 0.